The largest absolute Gasteiger partial charge is 0.495 e. The number of carbonyl (C=O) groups is 1. The van der Waals surface area contributed by atoms with E-state index in [1.54, 1.807) is 24.3 Å². The fraction of sp³-hybridized carbons (Fsp3) is 0.364. The number of hydrogen-bond donors (Lipinski definition) is 1. The first-order chi connectivity index (χ1) is 14.0. The zero-order valence-corrected chi connectivity index (χ0v) is 18.9. The lowest BCUT2D eigenvalue weighted by Gasteiger charge is -2.25. The molecule has 8 heteroatoms. The molecule has 0 bridgehead atoms. The van der Waals surface area contributed by atoms with Crippen LogP contribution in [0.3, 0.4) is 0 Å². The second-order valence-corrected chi connectivity index (χ2v) is 9.66. The van der Waals surface area contributed by atoms with Gasteiger partial charge in [-0.05, 0) is 36.5 Å². The van der Waals surface area contributed by atoms with E-state index in [-0.39, 0.29) is 5.41 Å². The molecule has 7 nitrogen and oxygen atoms in total. The minimum absolute atomic E-state index is 0.157. The number of methoxy groups -OCH3 is 1. The van der Waals surface area contributed by atoms with E-state index in [0.717, 1.165) is 16.3 Å². The van der Waals surface area contributed by atoms with Crippen LogP contribution in [0, 0.1) is 0 Å². The van der Waals surface area contributed by atoms with E-state index in [0.29, 0.717) is 17.9 Å². The zero-order chi connectivity index (χ0) is 22.4. The maximum atomic E-state index is 12.4. The van der Waals surface area contributed by atoms with Gasteiger partial charge >= 0.3 is 0 Å². The van der Waals surface area contributed by atoms with Crippen molar-refractivity contribution in [2.24, 2.45) is 5.10 Å². The van der Waals surface area contributed by atoms with Crippen molar-refractivity contribution < 1.29 is 17.9 Å². The van der Waals surface area contributed by atoms with Crippen LogP contribution in [0.2, 0.25) is 0 Å². The summed E-state index contributed by atoms with van der Waals surface area (Å²) in [4.78, 5) is 12.4. The number of sulfonamides is 1. The van der Waals surface area contributed by atoms with Crippen molar-refractivity contribution in [3.8, 4) is 5.75 Å². The number of nitrogens with one attached hydrogen (secondary N) is 1. The Morgan fingerprint density at radius 2 is 1.70 bits per heavy atom. The van der Waals surface area contributed by atoms with Crippen LogP contribution in [0.25, 0.3) is 0 Å². The molecular formula is C22H29N3O4S. The van der Waals surface area contributed by atoms with Crippen molar-refractivity contribution in [1.29, 1.82) is 0 Å². The molecule has 0 saturated heterocycles. The molecule has 1 amide bonds. The fourth-order valence-electron chi connectivity index (χ4n) is 3.21. The number of rotatable bonds is 9. The lowest BCUT2D eigenvalue weighted by molar-refractivity contribution is -0.119. The maximum absolute atomic E-state index is 12.4. The fourth-order valence-corrected chi connectivity index (χ4v) is 4.07. The van der Waals surface area contributed by atoms with Crippen molar-refractivity contribution in [2.75, 3.05) is 24.2 Å². The standard InChI is InChI=1S/C22H29N3O4S/c1-17(15-22(2,3)18-11-7-6-8-12-18)23-24-21(26)16-25(30(5,27)28)19-13-9-10-14-20(19)29-4/h6-14H,15-16H2,1-5H3,(H,24,26). The van der Waals surface area contributed by atoms with Crippen LogP contribution in [0.1, 0.15) is 32.8 Å². The van der Waals surface area contributed by atoms with Gasteiger partial charge in [0.05, 0.1) is 19.1 Å². The zero-order valence-electron chi connectivity index (χ0n) is 18.0. The molecule has 0 saturated carbocycles. The molecule has 0 aliphatic rings. The second kappa shape index (κ2) is 9.75. The normalized spacial score (nSPS) is 12.4. The molecule has 30 heavy (non-hydrogen) atoms. The first-order valence-corrected chi connectivity index (χ1v) is 11.4. The third-order valence-corrected chi connectivity index (χ3v) is 5.79. The van der Waals surface area contributed by atoms with Gasteiger partial charge in [0.25, 0.3) is 5.91 Å². The molecule has 0 aliphatic heterocycles. The highest BCUT2D eigenvalue weighted by Gasteiger charge is 2.24. The van der Waals surface area contributed by atoms with Gasteiger partial charge in [0.2, 0.25) is 10.0 Å². The van der Waals surface area contributed by atoms with Gasteiger partial charge in [0.15, 0.2) is 0 Å². The van der Waals surface area contributed by atoms with E-state index < -0.39 is 22.5 Å². The summed E-state index contributed by atoms with van der Waals surface area (Å²) in [6.07, 6.45) is 1.68. The highest BCUT2D eigenvalue weighted by Crippen LogP contribution is 2.29. The van der Waals surface area contributed by atoms with Gasteiger partial charge in [-0.3, -0.25) is 9.10 Å². The Kier molecular flexibility index (Phi) is 7.61. The Morgan fingerprint density at radius 1 is 1.10 bits per heavy atom. The molecule has 0 spiro atoms. The molecule has 0 unspecified atom stereocenters. The highest BCUT2D eigenvalue weighted by atomic mass is 32.2. The Hall–Kier alpha value is -2.87. The first-order valence-electron chi connectivity index (χ1n) is 9.53. The van der Waals surface area contributed by atoms with E-state index >= 15 is 0 Å². The van der Waals surface area contributed by atoms with Crippen LogP contribution >= 0.6 is 0 Å². The minimum atomic E-state index is -3.70. The molecule has 2 rings (SSSR count). The summed E-state index contributed by atoms with van der Waals surface area (Å²) < 4.78 is 30.8. The monoisotopic (exact) mass is 431 g/mol. The number of amides is 1. The number of hydrogen-bond acceptors (Lipinski definition) is 5. The van der Waals surface area contributed by atoms with E-state index in [1.165, 1.54) is 12.7 Å². The van der Waals surface area contributed by atoms with E-state index in [1.807, 2.05) is 25.1 Å². The highest BCUT2D eigenvalue weighted by molar-refractivity contribution is 7.92. The lowest BCUT2D eigenvalue weighted by Crippen LogP contribution is -2.39. The Balaban J connectivity index is 2.10. The van der Waals surface area contributed by atoms with Crippen LogP contribution in [0.4, 0.5) is 5.69 Å². The van der Waals surface area contributed by atoms with Crippen LogP contribution in [0.15, 0.2) is 59.7 Å². The Labute approximate surface area is 178 Å². The molecular weight excluding hydrogens is 402 g/mol. The third kappa shape index (κ3) is 6.32. The Morgan fingerprint density at radius 3 is 2.30 bits per heavy atom. The van der Waals surface area contributed by atoms with Crippen molar-refractivity contribution in [3.05, 3.63) is 60.2 Å². The van der Waals surface area contributed by atoms with E-state index in [2.05, 4.69) is 36.5 Å². The molecule has 0 aliphatic carbocycles. The number of benzene rings is 2. The lowest BCUT2D eigenvalue weighted by atomic mass is 9.80. The van der Waals surface area contributed by atoms with Gasteiger partial charge in [-0.15, -0.1) is 0 Å². The van der Waals surface area contributed by atoms with Crippen LogP contribution in [-0.4, -0.2) is 39.9 Å². The Bertz CT molecular complexity index is 1000. The van der Waals surface area contributed by atoms with Gasteiger partial charge in [-0.25, -0.2) is 13.8 Å². The minimum Gasteiger partial charge on any atom is -0.495 e. The van der Waals surface area contributed by atoms with E-state index in [4.69, 9.17) is 4.74 Å². The van der Waals surface area contributed by atoms with Gasteiger partial charge in [-0.2, -0.15) is 5.10 Å². The molecule has 0 radical (unpaired) electrons. The predicted molar refractivity (Wildman–Crippen MR) is 121 cm³/mol. The quantitative estimate of drug-likeness (QED) is 0.487. The molecule has 1 N–H and O–H groups in total. The van der Waals surface area contributed by atoms with Crippen molar-refractivity contribution >= 4 is 27.3 Å². The molecule has 0 fully saturated rings. The van der Waals surface area contributed by atoms with Gasteiger partial charge < -0.3 is 4.74 Å². The average molecular weight is 432 g/mol. The molecule has 2 aromatic rings. The van der Waals surface area contributed by atoms with Crippen molar-refractivity contribution in [2.45, 2.75) is 32.6 Å². The van der Waals surface area contributed by atoms with Crippen LogP contribution in [-0.2, 0) is 20.2 Å². The second-order valence-electron chi connectivity index (χ2n) is 7.75. The maximum Gasteiger partial charge on any atom is 0.260 e. The van der Waals surface area contributed by atoms with Crippen molar-refractivity contribution in [1.82, 2.24) is 5.43 Å². The SMILES string of the molecule is COc1ccccc1N(CC(=O)NN=C(C)CC(C)(C)c1ccccc1)S(C)(=O)=O. The number of ether oxygens (including phenoxy) is 1. The van der Waals surface area contributed by atoms with Gasteiger partial charge in [0, 0.05) is 5.71 Å². The molecule has 0 heterocycles. The summed E-state index contributed by atoms with van der Waals surface area (Å²) in [5, 5.41) is 4.17. The number of hydrazone groups is 1. The predicted octanol–water partition coefficient (Wildman–Crippen LogP) is 3.32. The molecule has 0 aromatic heterocycles. The number of carbonyl (C=O) groups excluding carboxylic acids is 1. The van der Waals surface area contributed by atoms with Crippen LogP contribution in [0.5, 0.6) is 5.75 Å². The summed E-state index contributed by atoms with van der Waals surface area (Å²) in [5.41, 5.74) is 4.51. The van der Waals surface area contributed by atoms with Gasteiger partial charge in [0.1, 0.15) is 12.3 Å². The third-order valence-electron chi connectivity index (χ3n) is 4.67. The topological polar surface area (TPSA) is 88.1 Å². The summed E-state index contributed by atoms with van der Waals surface area (Å²) in [6.45, 7) is 5.64. The number of para-hydroxylation sites is 2. The summed E-state index contributed by atoms with van der Waals surface area (Å²) in [7, 11) is -2.26. The van der Waals surface area contributed by atoms with Crippen LogP contribution < -0.4 is 14.5 Å². The van der Waals surface area contributed by atoms with Gasteiger partial charge in [-0.1, -0.05) is 56.3 Å². The average Bonchev–Trinajstić information content (AvgIpc) is 2.70. The summed E-state index contributed by atoms with van der Waals surface area (Å²) >= 11 is 0. The smallest absolute Gasteiger partial charge is 0.260 e. The summed E-state index contributed by atoms with van der Waals surface area (Å²) in [5.74, 6) is -0.178. The van der Waals surface area contributed by atoms with E-state index in [9.17, 15) is 13.2 Å². The number of nitrogens with zero attached hydrogens (tertiary/aromatic N) is 2. The molecule has 162 valence electrons. The van der Waals surface area contributed by atoms with Crippen molar-refractivity contribution in [3.63, 3.8) is 0 Å². The number of anilines is 1. The first kappa shape index (κ1) is 23.4. The molecule has 0 atom stereocenters. The molecule has 2 aromatic carbocycles. The summed E-state index contributed by atoms with van der Waals surface area (Å²) in [6, 6.07) is 16.7.